The van der Waals surface area contributed by atoms with Crippen molar-refractivity contribution in [1.29, 1.82) is 0 Å². The minimum Gasteiger partial charge on any atom is -0.455 e. The molecule has 1 aromatic heterocycles. The Morgan fingerprint density at radius 1 is 1.26 bits per heavy atom. The van der Waals surface area contributed by atoms with E-state index in [0.29, 0.717) is 13.0 Å². The Balaban J connectivity index is 1.54. The summed E-state index contributed by atoms with van der Waals surface area (Å²) in [5, 5.41) is 2.98. The van der Waals surface area contributed by atoms with Gasteiger partial charge in [0, 0.05) is 23.5 Å². The van der Waals surface area contributed by atoms with Gasteiger partial charge in [0.2, 0.25) is 0 Å². The van der Waals surface area contributed by atoms with Crippen LogP contribution in [0.2, 0.25) is 0 Å². The van der Waals surface area contributed by atoms with Crippen LogP contribution in [0.4, 0.5) is 0 Å². The zero-order valence-corrected chi connectivity index (χ0v) is 19.7. The van der Waals surface area contributed by atoms with E-state index in [1.54, 1.807) is 16.2 Å². The number of nitrogens with zero attached hydrogens (tertiary/aromatic N) is 2. The molecule has 1 aromatic carbocycles. The molecule has 168 valence electrons. The first-order valence-corrected chi connectivity index (χ1v) is 13.0. The predicted molar refractivity (Wildman–Crippen MR) is 121 cm³/mol. The molecule has 1 amide bonds. The third-order valence-electron chi connectivity index (χ3n) is 5.11. The number of benzene rings is 1. The lowest BCUT2D eigenvalue weighted by molar-refractivity contribution is -0.152. The lowest BCUT2D eigenvalue weighted by atomic mass is 10.1. The molecule has 1 fully saturated rings. The summed E-state index contributed by atoms with van der Waals surface area (Å²) < 4.78 is 28.8. The maximum Gasteiger partial charge on any atom is 0.310 e. The summed E-state index contributed by atoms with van der Waals surface area (Å²) in [6.45, 7) is 5.94. The van der Waals surface area contributed by atoms with E-state index in [-0.39, 0.29) is 42.4 Å². The highest BCUT2D eigenvalue weighted by Gasteiger charge is 2.35. The van der Waals surface area contributed by atoms with Crippen molar-refractivity contribution in [2.45, 2.75) is 39.7 Å². The molecule has 0 radical (unpaired) electrons. The minimum absolute atomic E-state index is 0.0235. The summed E-state index contributed by atoms with van der Waals surface area (Å²) in [6.07, 6.45) is 0.491. The summed E-state index contributed by atoms with van der Waals surface area (Å²) >= 11 is 1.58. The van der Waals surface area contributed by atoms with Crippen LogP contribution in [0.5, 0.6) is 0 Å². The van der Waals surface area contributed by atoms with Gasteiger partial charge in [-0.25, -0.2) is 13.4 Å². The van der Waals surface area contributed by atoms with Crippen LogP contribution in [0.3, 0.4) is 0 Å². The fourth-order valence-corrected chi connectivity index (χ4v) is 5.95. The monoisotopic (exact) mass is 464 g/mol. The largest absolute Gasteiger partial charge is 0.455 e. The molecule has 1 unspecified atom stereocenters. The van der Waals surface area contributed by atoms with E-state index in [1.165, 1.54) is 0 Å². The number of sulfone groups is 1. The molecule has 0 N–H and O–H groups in total. The lowest BCUT2D eigenvalue weighted by Gasteiger charge is -2.29. The van der Waals surface area contributed by atoms with Crippen molar-refractivity contribution in [2.24, 2.45) is 5.92 Å². The van der Waals surface area contributed by atoms with Crippen LogP contribution < -0.4 is 0 Å². The molecule has 0 aliphatic carbocycles. The Morgan fingerprint density at radius 3 is 2.52 bits per heavy atom. The molecule has 2 heterocycles. The van der Waals surface area contributed by atoms with Crippen molar-refractivity contribution in [3.63, 3.8) is 0 Å². The molecular weight excluding hydrogens is 436 g/mol. The fourth-order valence-electron chi connectivity index (χ4n) is 3.60. The van der Waals surface area contributed by atoms with Crippen molar-refractivity contribution in [3.8, 4) is 11.3 Å². The lowest BCUT2D eigenvalue weighted by Crippen LogP contribution is -2.45. The smallest absolute Gasteiger partial charge is 0.310 e. The van der Waals surface area contributed by atoms with Crippen LogP contribution in [0, 0.1) is 12.8 Å². The van der Waals surface area contributed by atoms with E-state index in [0.717, 1.165) is 21.8 Å². The van der Waals surface area contributed by atoms with Crippen molar-refractivity contribution in [3.05, 3.63) is 40.2 Å². The molecule has 0 saturated carbocycles. The summed E-state index contributed by atoms with van der Waals surface area (Å²) in [7, 11) is -3.11. The summed E-state index contributed by atoms with van der Waals surface area (Å²) in [6, 6.07) is 7.17. The first kappa shape index (κ1) is 23.4. The van der Waals surface area contributed by atoms with Gasteiger partial charge in [0.25, 0.3) is 5.91 Å². The third-order valence-corrected chi connectivity index (χ3v) is 7.63. The minimum atomic E-state index is -3.11. The number of esters is 1. The van der Waals surface area contributed by atoms with Crippen LogP contribution in [0.15, 0.2) is 29.6 Å². The number of aryl methyl sites for hydroxylation is 1. The zero-order valence-electron chi connectivity index (χ0n) is 18.0. The van der Waals surface area contributed by atoms with Crippen molar-refractivity contribution in [2.75, 3.05) is 24.7 Å². The highest BCUT2D eigenvalue weighted by Crippen LogP contribution is 2.22. The molecule has 1 saturated heterocycles. The summed E-state index contributed by atoms with van der Waals surface area (Å²) in [5.41, 5.74) is 2.67. The topological polar surface area (TPSA) is 93.6 Å². The third kappa shape index (κ3) is 6.61. The number of amides is 1. The molecular formula is C22H28N2O5S2. The Labute approximate surface area is 187 Å². The van der Waals surface area contributed by atoms with E-state index in [4.69, 9.17) is 4.74 Å². The molecule has 3 rings (SSSR count). The molecule has 1 aliphatic rings. The van der Waals surface area contributed by atoms with Crippen molar-refractivity contribution < 1.29 is 22.7 Å². The number of rotatable bonds is 8. The van der Waals surface area contributed by atoms with Crippen LogP contribution in [-0.4, -0.2) is 60.9 Å². The molecule has 2 aromatic rings. The SMILES string of the molecule is Cc1nc(-c2ccc(CC(=O)OCC(=O)N(CC(C)C)C3CCS(=O)(=O)C3)cc2)cs1. The molecule has 0 spiro atoms. The first-order valence-electron chi connectivity index (χ1n) is 10.3. The van der Waals surface area contributed by atoms with Gasteiger partial charge >= 0.3 is 5.97 Å². The Kier molecular flexibility index (Phi) is 7.48. The van der Waals surface area contributed by atoms with Gasteiger partial charge in [0.15, 0.2) is 16.4 Å². The Bertz CT molecular complexity index is 1030. The predicted octanol–water partition coefficient (Wildman–Crippen LogP) is 2.88. The highest BCUT2D eigenvalue weighted by molar-refractivity contribution is 7.91. The van der Waals surface area contributed by atoms with Crippen molar-refractivity contribution >= 4 is 33.1 Å². The quantitative estimate of drug-likeness (QED) is 0.558. The number of aromatic nitrogens is 1. The molecule has 1 atom stereocenters. The first-order chi connectivity index (χ1) is 14.6. The van der Waals surface area contributed by atoms with Gasteiger partial charge in [-0.1, -0.05) is 38.1 Å². The number of hydrogen-bond donors (Lipinski definition) is 0. The van der Waals surface area contributed by atoms with E-state index in [1.807, 2.05) is 50.4 Å². The average molecular weight is 465 g/mol. The second kappa shape index (κ2) is 9.91. The maximum atomic E-state index is 12.7. The average Bonchev–Trinajstić information content (AvgIpc) is 3.29. The maximum absolute atomic E-state index is 12.7. The summed E-state index contributed by atoms with van der Waals surface area (Å²) in [5.74, 6) is -0.587. The van der Waals surface area contributed by atoms with Gasteiger partial charge in [-0.15, -0.1) is 11.3 Å². The Morgan fingerprint density at radius 2 is 1.97 bits per heavy atom. The second-order valence-corrected chi connectivity index (χ2v) is 11.6. The number of hydrogen-bond acceptors (Lipinski definition) is 7. The van der Waals surface area contributed by atoms with Gasteiger partial charge in [-0.05, 0) is 24.8 Å². The Hall–Kier alpha value is -2.26. The zero-order chi connectivity index (χ0) is 22.6. The number of carbonyl (C=O) groups is 2. The number of ether oxygens (including phenoxy) is 1. The number of thiazole rings is 1. The standard InChI is InChI=1S/C22H28N2O5S2/c1-15(2)11-24(19-8-9-31(27,28)14-19)21(25)12-29-22(26)10-17-4-6-18(7-5-17)20-13-30-16(3)23-20/h4-7,13,15,19H,8-12,14H2,1-3H3. The van der Waals surface area contributed by atoms with E-state index < -0.39 is 15.8 Å². The molecule has 0 bridgehead atoms. The van der Waals surface area contributed by atoms with Crippen LogP contribution in [0.25, 0.3) is 11.3 Å². The van der Waals surface area contributed by atoms with Crippen LogP contribution in [-0.2, 0) is 30.6 Å². The van der Waals surface area contributed by atoms with Crippen LogP contribution in [0.1, 0.15) is 30.8 Å². The normalized spacial score (nSPS) is 17.6. The highest BCUT2D eigenvalue weighted by atomic mass is 32.2. The second-order valence-electron chi connectivity index (χ2n) is 8.28. The van der Waals surface area contributed by atoms with Gasteiger partial charge in [0.05, 0.1) is 28.6 Å². The fraction of sp³-hybridized carbons (Fsp3) is 0.500. The van der Waals surface area contributed by atoms with Crippen molar-refractivity contribution in [1.82, 2.24) is 9.88 Å². The van der Waals surface area contributed by atoms with E-state index >= 15 is 0 Å². The van der Waals surface area contributed by atoms with Gasteiger partial charge < -0.3 is 9.64 Å². The van der Waals surface area contributed by atoms with E-state index in [2.05, 4.69) is 4.98 Å². The molecule has 1 aliphatic heterocycles. The summed E-state index contributed by atoms with van der Waals surface area (Å²) in [4.78, 5) is 30.9. The van der Waals surface area contributed by atoms with Gasteiger partial charge in [-0.3, -0.25) is 9.59 Å². The number of carbonyl (C=O) groups excluding carboxylic acids is 2. The van der Waals surface area contributed by atoms with E-state index in [9.17, 15) is 18.0 Å². The van der Waals surface area contributed by atoms with Gasteiger partial charge in [0.1, 0.15) is 0 Å². The molecule has 9 heteroatoms. The van der Waals surface area contributed by atoms with Gasteiger partial charge in [-0.2, -0.15) is 0 Å². The molecule has 31 heavy (non-hydrogen) atoms. The molecule has 7 nitrogen and oxygen atoms in total. The van der Waals surface area contributed by atoms with Crippen LogP contribution >= 0.6 is 11.3 Å².